The van der Waals surface area contributed by atoms with Gasteiger partial charge in [0.05, 0.1) is 11.9 Å². The third kappa shape index (κ3) is 2.01. The van der Waals surface area contributed by atoms with Crippen LogP contribution in [0.15, 0.2) is 48.7 Å². The molecule has 2 aromatic rings. The first-order valence-electron chi connectivity index (χ1n) is 4.96. The van der Waals surface area contributed by atoms with Crippen LogP contribution >= 0.6 is 0 Å². The highest BCUT2D eigenvalue weighted by Crippen LogP contribution is 2.21. The molecule has 0 spiro atoms. The summed E-state index contributed by atoms with van der Waals surface area (Å²) < 4.78 is 0. The summed E-state index contributed by atoms with van der Waals surface area (Å²) in [6, 6.07) is 15.6. The molecule has 0 unspecified atom stereocenters. The molecular weight excluding hydrogens is 198 g/mol. The molecule has 0 fully saturated rings. The van der Waals surface area contributed by atoms with Gasteiger partial charge >= 0.3 is 0 Å². The van der Waals surface area contributed by atoms with E-state index in [2.05, 4.69) is 4.98 Å². The molecule has 0 aliphatic heterocycles. The zero-order valence-corrected chi connectivity index (χ0v) is 8.96. The van der Waals surface area contributed by atoms with Gasteiger partial charge in [-0.3, -0.25) is 0 Å². The van der Waals surface area contributed by atoms with Crippen LogP contribution in [0.5, 0.6) is 0 Å². The van der Waals surface area contributed by atoms with E-state index >= 15 is 0 Å². The number of nitriles is 1. The Morgan fingerprint density at radius 3 is 2.38 bits per heavy atom. The maximum absolute atomic E-state index is 8.66. The summed E-state index contributed by atoms with van der Waals surface area (Å²) >= 11 is 0. The van der Waals surface area contributed by atoms with Gasteiger partial charge in [-0.05, 0) is 24.3 Å². The predicted octanol–water partition coefficient (Wildman–Crippen LogP) is 2.72. The molecule has 0 radical (unpaired) electrons. The molecule has 0 N–H and O–H groups in total. The van der Waals surface area contributed by atoms with Gasteiger partial charge in [-0.1, -0.05) is 18.2 Å². The molecular formula is C13H11N3. The minimum Gasteiger partial charge on any atom is -0.343 e. The standard InChI is InChI=1S/C13H11N3/c1-16(12-5-3-2-4-6-12)13-8-7-11(9-14)15-10-13/h2-8,10H,1H3. The van der Waals surface area contributed by atoms with Gasteiger partial charge in [-0.15, -0.1) is 0 Å². The van der Waals surface area contributed by atoms with Crippen LogP contribution in [-0.4, -0.2) is 12.0 Å². The van der Waals surface area contributed by atoms with E-state index < -0.39 is 0 Å². The summed E-state index contributed by atoms with van der Waals surface area (Å²) in [5, 5.41) is 8.66. The maximum Gasteiger partial charge on any atom is 0.140 e. The van der Waals surface area contributed by atoms with E-state index in [9.17, 15) is 0 Å². The van der Waals surface area contributed by atoms with Gasteiger partial charge < -0.3 is 4.90 Å². The second-order valence-electron chi connectivity index (χ2n) is 3.41. The lowest BCUT2D eigenvalue weighted by molar-refractivity contribution is 1.16. The van der Waals surface area contributed by atoms with E-state index in [1.165, 1.54) is 0 Å². The Hall–Kier alpha value is -2.34. The highest BCUT2D eigenvalue weighted by molar-refractivity contribution is 5.61. The molecule has 0 bridgehead atoms. The zero-order valence-electron chi connectivity index (χ0n) is 8.96. The summed E-state index contributed by atoms with van der Waals surface area (Å²) in [5.41, 5.74) is 2.49. The number of aromatic nitrogens is 1. The summed E-state index contributed by atoms with van der Waals surface area (Å²) in [5.74, 6) is 0. The van der Waals surface area contributed by atoms with Crippen molar-refractivity contribution in [1.29, 1.82) is 5.26 Å². The molecule has 0 aliphatic carbocycles. The molecule has 2 rings (SSSR count). The largest absolute Gasteiger partial charge is 0.343 e. The number of nitrogens with zero attached hydrogens (tertiary/aromatic N) is 3. The summed E-state index contributed by atoms with van der Waals surface area (Å²) in [6.07, 6.45) is 1.70. The molecule has 3 nitrogen and oxygen atoms in total. The van der Waals surface area contributed by atoms with E-state index in [1.54, 1.807) is 12.3 Å². The van der Waals surface area contributed by atoms with Crippen LogP contribution in [0.2, 0.25) is 0 Å². The molecule has 78 valence electrons. The number of rotatable bonds is 2. The third-order valence-electron chi connectivity index (χ3n) is 2.39. The van der Waals surface area contributed by atoms with Gasteiger partial charge in [0.25, 0.3) is 0 Å². The van der Waals surface area contributed by atoms with E-state index in [4.69, 9.17) is 5.26 Å². The number of hydrogen-bond donors (Lipinski definition) is 0. The Bertz CT molecular complexity index is 497. The number of pyridine rings is 1. The molecule has 0 atom stereocenters. The lowest BCUT2D eigenvalue weighted by atomic mass is 10.2. The second kappa shape index (κ2) is 4.45. The highest BCUT2D eigenvalue weighted by Gasteiger charge is 2.03. The van der Waals surface area contributed by atoms with Crippen LogP contribution in [0.4, 0.5) is 11.4 Å². The van der Waals surface area contributed by atoms with E-state index in [-0.39, 0.29) is 0 Å². The lowest BCUT2D eigenvalue weighted by Crippen LogP contribution is -2.09. The second-order valence-corrected chi connectivity index (χ2v) is 3.41. The minimum atomic E-state index is 0.435. The lowest BCUT2D eigenvalue weighted by Gasteiger charge is -2.18. The van der Waals surface area contributed by atoms with Crippen molar-refractivity contribution in [3.8, 4) is 6.07 Å². The highest BCUT2D eigenvalue weighted by atomic mass is 15.1. The van der Waals surface area contributed by atoms with Crippen LogP contribution in [-0.2, 0) is 0 Å². The van der Waals surface area contributed by atoms with Crippen molar-refractivity contribution in [2.75, 3.05) is 11.9 Å². The summed E-state index contributed by atoms with van der Waals surface area (Å²) in [4.78, 5) is 6.06. The van der Waals surface area contributed by atoms with Crippen molar-refractivity contribution in [1.82, 2.24) is 4.98 Å². The summed E-state index contributed by atoms with van der Waals surface area (Å²) in [6.45, 7) is 0. The Morgan fingerprint density at radius 1 is 1.06 bits per heavy atom. The number of benzene rings is 1. The van der Waals surface area contributed by atoms with E-state index in [1.807, 2.05) is 54.4 Å². The fourth-order valence-electron chi connectivity index (χ4n) is 1.45. The Balaban J connectivity index is 2.28. The van der Waals surface area contributed by atoms with Crippen molar-refractivity contribution >= 4 is 11.4 Å². The van der Waals surface area contributed by atoms with Crippen molar-refractivity contribution in [3.05, 3.63) is 54.4 Å². The van der Waals surface area contributed by atoms with Gasteiger partial charge in [0, 0.05) is 12.7 Å². The molecule has 0 amide bonds. The number of hydrogen-bond acceptors (Lipinski definition) is 3. The third-order valence-corrected chi connectivity index (χ3v) is 2.39. The van der Waals surface area contributed by atoms with Crippen LogP contribution in [0.25, 0.3) is 0 Å². The minimum absolute atomic E-state index is 0.435. The fourth-order valence-corrected chi connectivity index (χ4v) is 1.45. The van der Waals surface area contributed by atoms with Crippen LogP contribution in [0.1, 0.15) is 5.69 Å². The Kier molecular flexibility index (Phi) is 2.84. The Labute approximate surface area is 94.6 Å². The average Bonchev–Trinajstić information content (AvgIpc) is 2.39. The van der Waals surface area contributed by atoms with Crippen LogP contribution in [0.3, 0.4) is 0 Å². The van der Waals surface area contributed by atoms with Crippen LogP contribution < -0.4 is 4.90 Å². The first-order valence-corrected chi connectivity index (χ1v) is 4.96. The molecule has 0 saturated carbocycles. The van der Waals surface area contributed by atoms with Gasteiger partial charge in [-0.2, -0.15) is 5.26 Å². The number of anilines is 2. The monoisotopic (exact) mass is 209 g/mol. The zero-order chi connectivity index (χ0) is 11.4. The molecule has 16 heavy (non-hydrogen) atoms. The van der Waals surface area contributed by atoms with E-state index in [0.717, 1.165) is 11.4 Å². The predicted molar refractivity (Wildman–Crippen MR) is 63.5 cm³/mol. The van der Waals surface area contributed by atoms with Crippen molar-refractivity contribution in [3.63, 3.8) is 0 Å². The van der Waals surface area contributed by atoms with Gasteiger partial charge in [-0.25, -0.2) is 4.98 Å². The van der Waals surface area contributed by atoms with Crippen molar-refractivity contribution in [2.45, 2.75) is 0 Å². The van der Waals surface area contributed by atoms with Gasteiger partial charge in [0.1, 0.15) is 11.8 Å². The van der Waals surface area contributed by atoms with Gasteiger partial charge in [0.15, 0.2) is 0 Å². The van der Waals surface area contributed by atoms with Gasteiger partial charge in [0.2, 0.25) is 0 Å². The molecule has 3 heteroatoms. The average molecular weight is 209 g/mol. The molecule has 0 saturated heterocycles. The summed E-state index contributed by atoms with van der Waals surface area (Å²) in [7, 11) is 1.97. The topological polar surface area (TPSA) is 39.9 Å². The first kappa shape index (κ1) is 10.2. The van der Waals surface area contributed by atoms with Crippen molar-refractivity contribution in [2.24, 2.45) is 0 Å². The number of para-hydroxylation sites is 1. The molecule has 1 aromatic heterocycles. The fraction of sp³-hybridized carbons (Fsp3) is 0.0769. The van der Waals surface area contributed by atoms with E-state index in [0.29, 0.717) is 5.69 Å². The smallest absolute Gasteiger partial charge is 0.140 e. The quantitative estimate of drug-likeness (QED) is 0.763. The Morgan fingerprint density at radius 2 is 1.81 bits per heavy atom. The molecule has 0 aliphatic rings. The molecule has 1 heterocycles. The van der Waals surface area contributed by atoms with Crippen molar-refractivity contribution < 1.29 is 0 Å². The maximum atomic E-state index is 8.66. The molecule has 1 aromatic carbocycles. The first-order chi connectivity index (χ1) is 7.81. The van der Waals surface area contributed by atoms with Crippen LogP contribution in [0, 0.1) is 11.3 Å². The SMILES string of the molecule is CN(c1ccccc1)c1ccc(C#N)nc1. The normalized spacial score (nSPS) is 9.50.